The second-order valence-electron chi connectivity index (χ2n) is 6.99. The number of nitrogens with one attached hydrogen (secondary N) is 1. The molecule has 112 valence electrons. The zero-order valence-corrected chi connectivity index (χ0v) is 13.2. The fourth-order valence-electron chi connectivity index (χ4n) is 3.41. The molecule has 0 aromatic heterocycles. The van der Waals surface area contributed by atoms with Gasteiger partial charge in [0.25, 0.3) is 0 Å². The van der Waals surface area contributed by atoms with Crippen LogP contribution in [-0.4, -0.2) is 18.0 Å². The minimum atomic E-state index is -0.140. The summed E-state index contributed by atoms with van der Waals surface area (Å²) in [6.07, 6.45) is 7.31. The first-order chi connectivity index (χ1) is 8.87. The molecule has 19 heavy (non-hydrogen) atoms. The van der Waals surface area contributed by atoms with Crippen molar-refractivity contribution >= 4 is 5.91 Å². The second kappa shape index (κ2) is 6.74. The van der Waals surface area contributed by atoms with Crippen molar-refractivity contribution in [3.8, 4) is 0 Å². The molecule has 1 aliphatic carbocycles. The topological polar surface area (TPSA) is 55.1 Å². The molecule has 1 unspecified atom stereocenters. The maximum absolute atomic E-state index is 12.8. The molecule has 1 fully saturated rings. The van der Waals surface area contributed by atoms with E-state index in [2.05, 4.69) is 33.0 Å². The average Bonchev–Trinajstić information content (AvgIpc) is 2.78. The molecule has 3 nitrogen and oxygen atoms in total. The lowest BCUT2D eigenvalue weighted by molar-refractivity contribution is -0.133. The fraction of sp³-hybridized carbons (Fsp3) is 0.938. The normalized spacial score (nSPS) is 21.4. The number of hydrogen-bond donors (Lipinski definition) is 2. The first-order valence-electron chi connectivity index (χ1n) is 7.90. The van der Waals surface area contributed by atoms with Crippen LogP contribution in [0.25, 0.3) is 0 Å². The highest BCUT2D eigenvalue weighted by Crippen LogP contribution is 2.43. The lowest BCUT2D eigenvalue weighted by atomic mass is 9.77. The van der Waals surface area contributed by atoms with Crippen molar-refractivity contribution in [2.75, 3.05) is 6.54 Å². The van der Waals surface area contributed by atoms with Gasteiger partial charge in [0.1, 0.15) is 0 Å². The molecule has 0 heterocycles. The number of amides is 1. The minimum absolute atomic E-state index is 0.112. The van der Waals surface area contributed by atoms with Crippen LogP contribution in [0.5, 0.6) is 0 Å². The average molecular weight is 268 g/mol. The molecule has 1 saturated carbocycles. The van der Waals surface area contributed by atoms with Crippen LogP contribution in [0.2, 0.25) is 0 Å². The Bertz CT molecular complexity index is 295. The Morgan fingerprint density at radius 1 is 1.37 bits per heavy atom. The van der Waals surface area contributed by atoms with E-state index in [0.29, 0.717) is 12.5 Å². The Morgan fingerprint density at radius 2 is 1.95 bits per heavy atom. The van der Waals surface area contributed by atoms with Gasteiger partial charge in [0.15, 0.2) is 0 Å². The van der Waals surface area contributed by atoms with Crippen molar-refractivity contribution in [2.24, 2.45) is 17.1 Å². The number of carbonyl (C=O) groups is 1. The van der Waals surface area contributed by atoms with Gasteiger partial charge in [0, 0.05) is 11.0 Å². The van der Waals surface area contributed by atoms with Crippen LogP contribution in [0.3, 0.4) is 0 Å². The van der Waals surface area contributed by atoms with Gasteiger partial charge in [-0.05, 0) is 51.5 Å². The highest BCUT2D eigenvalue weighted by molar-refractivity contribution is 5.83. The van der Waals surface area contributed by atoms with Crippen molar-refractivity contribution in [1.29, 1.82) is 0 Å². The Kier molecular flexibility index (Phi) is 5.84. The largest absolute Gasteiger partial charge is 0.350 e. The summed E-state index contributed by atoms with van der Waals surface area (Å²) in [5.41, 5.74) is 5.43. The Balaban J connectivity index is 2.77. The van der Waals surface area contributed by atoms with E-state index in [9.17, 15) is 4.79 Å². The van der Waals surface area contributed by atoms with Gasteiger partial charge in [-0.2, -0.15) is 0 Å². The predicted octanol–water partition coefficient (Wildman–Crippen LogP) is 3.23. The van der Waals surface area contributed by atoms with Gasteiger partial charge in [-0.25, -0.2) is 0 Å². The monoisotopic (exact) mass is 268 g/mol. The molecule has 0 aromatic rings. The molecule has 0 saturated heterocycles. The molecule has 1 atom stereocenters. The lowest BCUT2D eigenvalue weighted by Crippen LogP contribution is -2.52. The van der Waals surface area contributed by atoms with E-state index in [1.807, 2.05) is 0 Å². The van der Waals surface area contributed by atoms with E-state index in [0.717, 1.165) is 32.1 Å². The quantitative estimate of drug-likeness (QED) is 0.745. The van der Waals surface area contributed by atoms with Crippen LogP contribution in [0, 0.1) is 11.3 Å². The van der Waals surface area contributed by atoms with Gasteiger partial charge < -0.3 is 11.1 Å². The number of nitrogens with two attached hydrogens (primary N) is 1. The summed E-state index contributed by atoms with van der Waals surface area (Å²) < 4.78 is 0. The van der Waals surface area contributed by atoms with Gasteiger partial charge in [-0.3, -0.25) is 4.79 Å². The van der Waals surface area contributed by atoms with Gasteiger partial charge in [-0.1, -0.05) is 33.6 Å². The van der Waals surface area contributed by atoms with E-state index >= 15 is 0 Å². The lowest BCUT2D eigenvalue weighted by Gasteiger charge is -2.36. The maximum atomic E-state index is 12.8. The molecule has 0 spiro atoms. The van der Waals surface area contributed by atoms with Gasteiger partial charge in [0.2, 0.25) is 5.91 Å². The highest BCUT2D eigenvalue weighted by atomic mass is 16.2. The standard InChI is InChI=1S/C16H32N2O/c1-5-15(4,10-11-17)18-14(19)16(12-13(2)3)8-6-7-9-16/h13H,5-12,17H2,1-4H3,(H,18,19). The summed E-state index contributed by atoms with van der Waals surface area (Å²) in [6, 6.07) is 0. The molecule has 1 amide bonds. The summed E-state index contributed by atoms with van der Waals surface area (Å²) in [4.78, 5) is 12.8. The van der Waals surface area contributed by atoms with Gasteiger partial charge in [-0.15, -0.1) is 0 Å². The number of rotatable bonds is 7. The first kappa shape index (κ1) is 16.5. The van der Waals surface area contributed by atoms with Crippen molar-refractivity contribution in [1.82, 2.24) is 5.32 Å². The SMILES string of the molecule is CCC(C)(CCN)NC(=O)C1(CC(C)C)CCCC1. The third-order valence-corrected chi connectivity index (χ3v) is 4.73. The third kappa shape index (κ3) is 4.20. The fourth-order valence-corrected chi connectivity index (χ4v) is 3.41. The van der Waals surface area contributed by atoms with Crippen molar-refractivity contribution in [2.45, 2.75) is 78.2 Å². The first-order valence-corrected chi connectivity index (χ1v) is 7.90. The Labute approximate surface area is 118 Å². The minimum Gasteiger partial charge on any atom is -0.350 e. The summed E-state index contributed by atoms with van der Waals surface area (Å²) in [7, 11) is 0. The van der Waals surface area contributed by atoms with Crippen LogP contribution in [0.4, 0.5) is 0 Å². The molecule has 3 heteroatoms. The summed E-state index contributed by atoms with van der Waals surface area (Å²) in [6.45, 7) is 9.30. The molecular formula is C16H32N2O. The van der Waals surface area contributed by atoms with Crippen molar-refractivity contribution in [3.63, 3.8) is 0 Å². The van der Waals surface area contributed by atoms with E-state index < -0.39 is 0 Å². The summed E-state index contributed by atoms with van der Waals surface area (Å²) in [5, 5.41) is 3.31. The smallest absolute Gasteiger partial charge is 0.226 e. The van der Waals surface area contributed by atoms with E-state index in [-0.39, 0.29) is 16.9 Å². The van der Waals surface area contributed by atoms with Crippen LogP contribution in [-0.2, 0) is 4.79 Å². The van der Waals surface area contributed by atoms with Crippen LogP contribution in [0.15, 0.2) is 0 Å². The molecule has 0 aromatic carbocycles. The molecular weight excluding hydrogens is 236 g/mol. The molecule has 0 aliphatic heterocycles. The van der Waals surface area contributed by atoms with E-state index in [1.165, 1.54) is 12.8 Å². The molecule has 1 rings (SSSR count). The number of carbonyl (C=O) groups excluding carboxylic acids is 1. The maximum Gasteiger partial charge on any atom is 0.226 e. The second-order valence-corrected chi connectivity index (χ2v) is 6.99. The summed E-state index contributed by atoms with van der Waals surface area (Å²) >= 11 is 0. The van der Waals surface area contributed by atoms with Crippen molar-refractivity contribution < 1.29 is 4.79 Å². The Hall–Kier alpha value is -0.570. The van der Waals surface area contributed by atoms with Gasteiger partial charge in [0.05, 0.1) is 0 Å². The third-order valence-electron chi connectivity index (χ3n) is 4.73. The van der Waals surface area contributed by atoms with Crippen LogP contribution < -0.4 is 11.1 Å². The summed E-state index contributed by atoms with van der Waals surface area (Å²) in [5.74, 6) is 0.850. The van der Waals surface area contributed by atoms with Crippen molar-refractivity contribution in [3.05, 3.63) is 0 Å². The Morgan fingerprint density at radius 3 is 2.37 bits per heavy atom. The van der Waals surface area contributed by atoms with E-state index in [1.54, 1.807) is 0 Å². The zero-order valence-electron chi connectivity index (χ0n) is 13.2. The number of hydrogen-bond acceptors (Lipinski definition) is 2. The molecule has 3 N–H and O–H groups in total. The van der Waals surface area contributed by atoms with Gasteiger partial charge >= 0.3 is 0 Å². The molecule has 0 radical (unpaired) electrons. The zero-order chi connectivity index (χ0) is 14.5. The van der Waals surface area contributed by atoms with E-state index in [4.69, 9.17) is 5.73 Å². The highest BCUT2D eigenvalue weighted by Gasteiger charge is 2.43. The molecule has 0 bridgehead atoms. The predicted molar refractivity (Wildman–Crippen MR) is 80.9 cm³/mol. The van der Waals surface area contributed by atoms with Crippen LogP contribution >= 0.6 is 0 Å². The van der Waals surface area contributed by atoms with Crippen LogP contribution in [0.1, 0.15) is 72.6 Å². The molecule has 1 aliphatic rings.